The number of halogens is 1. The largest absolute Gasteiger partial charge is 0.508 e. The number of rotatable bonds is 31. The quantitative estimate of drug-likeness (QED) is 0.0113. The van der Waals surface area contributed by atoms with Gasteiger partial charge in [0.05, 0.1) is 62.1 Å². The van der Waals surface area contributed by atoms with Crippen molar-refractivity contribution in [3.63, 3.8) is 0 Å². The number of likely N-dealkylation sites (N-methyl/N-ethyl adjacent to an activating group) is 1. The lowest BCUT2D eigenvalue weighted by atomic mass is 9.78. The number of fused-ring (bicyclic) bond motifs is 6. The Morgan fingerprint density at radius 2 is 1.52 bits per heavy atom. The summed E-state index contributed by atoms with van der Waals surface area (Å²) >= 11 is 6.92. The maximum atomic E-state index is 15.5. The fraction of sp³-hybridized carbons (Fsp3) is 0.538. The molecule has 0 unspecified atom stereocenters. The van der Waals surface area contributed by atoms with E-state index in [-0.39, 0.29) is 93.2 Å². The van der Waals surface area contributed by atoms with Crippen molar-refractivity contribution < 1.29 is 107 Å². The number of carbonyl (C=O) groups is 12. The van der Waals surface area contributed by atoms with Crippen LogP contribution in [0.4, 0.5) is 5.69 Å². The van der Waals surface area contributed by atoms with Crippen LogP contribution in [-0.2, 0) is 102 Å². The second kappa shape index (κ2) is 48.7. The average molecular weight is 1870 g/mol. The molecule has 3 saturated heterocycles. The molecule has 0 spiro atoms. The van der Waals surface area contributed by atoms with E-state index in [1.54, 1.807) is 57.3 Å². The lowest BCUT2D eigenvalue weighted by Gasteiger charge is -2.42. The Morgan fingerprint density at radius 3 is 2.22 bits per heavy atom. The van der Waals surface area contributed by atoms with E-state index >= 15 is 19.2 Å². The molecule has 128 heavy (non-hydrogen) atoms. The molecule has 0 saturated carbocycles. The van der Waals surface area contributed by atoms with Crippen molar-refractivity contribution in [2.24, 2.45) is 17.6 Å². The number of carboxylic acid groups (broad SMARTS) is 1. The summed E-state index contributed by atoms with van der Waals surface area (Å²) < 4.78 is 30.1. The lowest BCUT2D eigenvalue weighted by molar-refractivity contribution is -0.192. The molecule has 0 aromatic heterocycles. The number of nitrogens with zero attached hydrogens (tertiary/aromatic N) is 2. The average Bonchev–Trinajstić information content (AvgIpc) is 1.57. The first kappa shape index (κ1) is 103. The maximum Gasteiger partial charge on any atom is 0.328 e. The number of unbranched alkanes of at least 4 members (excludes halogenated alkanes) is 1. The summed E-state index contributed by atoms with van der Waals surface area (Å²) in [5, 5.41) is 73.6. The topological polar surface area (TPSA) is 472 Å². The first-order chi connectivity index (χ1) is 60.9. The Balaban J connectivity index is 0.901. The van der Waals surface area contributed by atoms with Crippen LogP contribution >= 0.6 is 54.8 Å². The smallest absolute Gasteiger partial charge is 0.328 e. The van der Waals surface area contributed by atoms with Gasteiger partial charge >= 0.3 is 17.9 Å². The molecule has 1 aliphatic carbocycles. The van der Waals surface area contributed by atoms with Gasteiger partial charge in [0.1, 0.15) is 70.1 Å². The monoisotopic (exact) mass is 1870 g/mol. The number of ether oxygens (including phenoxy) is 5. The molecule has 14 N–H and O–H groups in total. The summed E-state index contributed by atoms with van der Waals surface area (Å²) in [7, 11) is 10.7. The summed E-state index contributed by atoms with van der Waals surface area (Å²) in [6, 6.07) is 14.4. The van der Waals surface area contributed by atoms with Crippen molar-refractivity contribution in [1.82, 2.24) is 42.1 Å². The summed E-state index contributed by atoms with van der Waals surface area (Å²) in [6.07, 6.45) is 1.53. The van der Waals surface area contributed by atoms with E-state index in [0.29, 0.717) is 59.8 Å². The van der Waals surface area contributed by atoms with Crippen molar-refractivity contribution in [2.75, 3.05) is 69.3 Å². The SMILES string of the molecule is COc1cc2cc(c1Cl)N(C)C(=O)C[C@H](OC(=O)[C@H](C)N(C)C(=O)CCSSCCCN[C@H](Cc1ccccc1)C(=O)N[C@H]1CSSC[C@@H](C(=O)N[C@H](C(=O)O)[C@@H](C)O)NC(=O)[C@H]([C@@H](C)O)NC(=O)[C@H](CCCCN)NC(=O)[C@@H](CC3=CCc4ccccc43)NC(=O)[C@H](Cc3ccc(O)cc3)CC1=O)[C@]1(C)O[C@H]1[C@H](C)[C@@H]1C[C@@](O)(CC(=O)O1)[C@H](OC)C/C=C/C=C(\C)C2. The van der Waals surface area contributed by atoms with Gasteiger partial charge in [-0.2, -0.15) is 0 Å². The van der Waals surface area contributed by atoms with Crippen molar-refractivity contribution >= 4 is 137 Å². The molecule has 3 fully saturated rings. The van der Waals surface area contributed by atoms with Gasteiger partial charge in [-0.1, -0.05) is 158 Å². The lowest BCUT2D eigenvalue weighted by Crippen LogP contribution is -2.62. The number of carboxylic acids is 1. The van der Waals surface area contributed by atoms with Crippen LogP contribution in [0.5, 0.6) is 11.5 Å². The third-order valence-electron chi connectivity index (χ3n) is 23.8. The van der Waals surface area contributed by atoms with Gasteiger partial charge in [-0.15, -0.1) is 0 Å². The number of aliphatic hydroxyl groups is 3. The number of nitrogens with two attached hydrogens (primary N) is 1. The number of amides is 8. The van der Waals surface area contributed by atoms with Crippen LogP contribution in [0.3, 0.4) is 0 Å². The number of Topliss-reactive ketones (excluding diaryl/α,β-unsaturated/α-hetero) is 1. The van der Waals surface area contributed by atoms with Gasteiger partial charge in [0.25, 0.3) is 0 Å². The number of phenolic OH excluding ortho intramolecular Hbond substituents is 1. The minimum atomic E-state index is -1.87. The van der Waals surface area contributed by atoms with E-state index in [0.717, 1.165) is 56.3 Å². The molecule has 698 valence electrons. The first-order valence-electron chi connectivity index (χ1n) is 43.0. The summed E-state index contributed by atoms with van der Waals surface area (Å²) in [4.78, 5) is 176. The van der Waals surface area contributed by atoms with Gasteiger partial charge in [-0.3, -0.25) is 47.9 Å². The Labute approximate surface area is 767 Å². The summed E-state index contributed by atoms with van der Waals surface area (Å²) in [5.41, 5.74) is 8.69. The molecule has 4 aromatic rings. The molecule has 8 amide bonds. The Hall–Kier alpha value is -9.05. The van der Waals surface area contributed by atoms with Crippen LogP contribution in [0.1, 0.15) is 140 Å². The zero-order valence-corrected chi connectivity index (χ0v) is 77.7. The highest BCUT2D eigenvalue weighted by Crippen LogP contribution is 2.50. The minimum absolute atomic E-state index is 0.000864. The van der Waals surface area contributed by atoms with Gasteiger partial charge in [-0.05, 0) is 163 Å². The number of aromatic hydroxyl groups is 1. The number of aliphatic hydroxyl groups excluding tert-OH is 2. The zero-order valence-electron chi connectivity index (χ0n) is 73.7. The van der Waals surface area contributed by atoms with E-state index in [1.807, 2.05) is 73.7 Å². The van der Waals surface area contributed by atoms with Crippen LogP contribution in [0.25, 0.3) is 5.57 Å². The second-order valence-corrected chi connectivity index (χ2v) is 39.1. The van der Waals surface area contributed by atoms with E-state index in [1.165, 1.54) is 78.6 Å². The first-order valence-corrected chi connectivity index (χ1v) is 48.3. The Morgan fingerprint density at radius 1 is 0.828 bits per heavy atom. The number of phenols is 1. The van der Waals surface area contributed by atoms with E-state index in [9.17, 15) is 63.9 Å². The van der Waals surface area contributed by atoms with Gasteiger partial charge in [-0.25, -0.2) is 9.59 Å². The number of carbonyl (C=O) groups excluding carboxylic acids is 11. The maximum absolute atomic E-state index is 15.5. The van der Waals surface area contributed by atoms with Crippen molar-refractivity contribution in [1.29, 1.82) is 0 Å². The number of hydrogen-bond acceptors (Lipinski definition) is 27. The van der Waals surface area contributed by atoms with E-state index < -0.39 is 192 Å². The van der Waals surface area contributed by atoms with Gasteiger partial charge in [0.15, 0.2) is 11.8 Å². The van der Waals surface area contributed by atoms with E-state index in [2.05, 4.69) is 37.2 Å². The Bertz CT molecular complexity index is 4670. The standard InChI is InChI=1S/C91H121ClN10O22S4/c1-51-21-14-17-27-73(121-10)91(119)47-72(122-77(109)48-91)52(2)81-90(6,124-81)74(46-76(108)102(8)69-42-58(39-51)43-71(120-9)78(69)92)123-89(118)53(3)101(7)75(107)34-38-126-125-37-20-36-94-65(41-56-22-12-11-13-23-56)84(112)97-67-49-127-128-50-68(86(114)100-80(55(5)104)88(116)117)98-87(115)79(54(4)103)99-83(111)64(26-18-19-35-93)95-85(113)66(44-60-31-30-59-24-15-16-25-63(59)60)96-82(110)61(45-70(67)106)40-57-28-32-62(105)33-29-57/h11-17,21-25,28-29,31-33,42-43,52-55,61,64-68,72-74,79-81,94,103-105,119H,18-20,26-27,30,34-41,44-50,93H2,1-10H3,(H,95,113)(H,96,110)(H,97,112)(H,98,115)(H,99,111)(H,100,114)(H,116,117)/b17-14+,51-21+/t52-,53+,54-,55-,61-,64+,65-,66-,67+,68+,72+,73-,74+,79+,80+,81+,90+,91-/m1/s1. The number of anilines is 1. The molecule has 32 nitrogen and oxygen atoms in total. The highest BCUT2D eigenvalue weighted by atomic mass is 35.5. The number of epoxide rings is 1. The van der Waals surface area contributed by atoms with E-state index in [4.69, 9.17) is 41.0 Å². The summed E-state index contributed by atoms with van der Waals surface area (Å²) in [6.45, 7) is 9.73. The van der Waals surface area contributed by atoms with Crippen LogP contribution in [-0.4, -0.2) is 262 Å². The highest BCUT2D eigenvalue weighted by molar-refractivity contribution is 8.77. The molecule has 0 radical (unpaired) electrons. The number of benzene rings is 4. The van der Waals surface area contributed by atoms with Gasteiger partial charge in [0.2, 0.25) is 47.3 Å². The van der Waals surface area contributed by atoms with Gasteiger partial charge < -0.3 is 102 Å². The molecule has 9 rings (SSSR count). The van der Waals surface area contributed by atoms with Crippen LogP contribution in [0.2, 0.25) is 5.02 Å². The number of esters is 2. The normalized spacial score (nSPS) is 26.6. The van der Waals surface area contributed by atoms with Crippen molar-refractivity contribution in [2.45, 2.75) is 234 Å². The molecule has 5 aliphatic rings. The number of ketones is 1. The summed E-state index contributed by atoms with van der Waals surface area (Å²) in [5.74, 6) is -11.4. The third kappa shape index (κ3) is 28.7. The molecule has 18 atom stereocenters. The fourth-order valence-electron chi connectivity index (χ4n) is 15.9. The van der Waals surface area contributed by atoms with Crippen LogP contribution in [0, 0.1) is 11.8 Å². The predicted molar refractivity (Wildman–Crippen MR) is 491 cm³/mol. The van der Waals surface area contributed by atoms with Crippen LogP contribution < -0.4 is 52.6 Å². The molecule has 37 heteroatoms. The molecular weight excluding hydrogens is 1750 g/mol. The number of nitrogens with one attached hydrogen (secondary N) is 7. The van der Waals surface area contributed by atoms with Crippen molar-refractivity contribution in [3.05, 3.63) is 154 Å². The van der Waals surface area contributed by atoms with Crippen LogP contribution in [0.15, 0.2) is 121 Å². The molecule has 4 heterocycles. The van der Waals surface area contributed by atoms with Crippen molar-refractivity contribution in [3.8, 4) is 11.5 Å². The number of aliphatic carboxylic acids is 1. The fourth-order valence-corrected chi connectivity index (χ4v) is 20.7. The third-order valence-corrected chi connectivity index (χ3v) is 29.1. The molecular formula is C91H121ClN10O22S4. The minimum Gasteiger partial charge on any atom is -0.508 e. The zero-order chi connectivity index (χ0) is 93.3. The Kier molecular flexibility index (Phi) is 39.1. The molecule has 4 bridgehead atoms. The number of methoxy groups -OCH3 is 2. The number of hydrogen-bond donors (Lipinski definition) is 13. The number of allylic oxidation sites excluding steroid dienone is 4. The molecule has 4 aliphatic heterocycles. The van der Waals surface area contributed by atoms with Gasteiger partial charge in [0, 0.05) is 81.7 Å². The molecule has 4 aromatic carbocycles. The predicted octanol–water partition coefficient (Wildman–Crippen LogP) is 6.35. The highest BCUT2D eigenvalue weighted by Gasteiger charge is 2.65. The second-order valence-electron chi connectivity index (χ2n) is 33.4.